The van der Waals surface area contributed by atoms with E-state index in [1.165, 1.54) is 29.9 Å². The number of halogens is 1. The van der Waals surface area contributed by atoms with Crippen LogP contribution in [0.25, 0.3) is 21.5 Å². The van der Waals surface area contributed by atoms with Gasteiger partial charge in [0.25, 0.3) is 5.56 Å². The minimum atomic E-state index is -0.544. The predicted octanol–water partition coefficient (Wildman–Crippen LogP) is 4.29. The molecule has 0 saturated carbocycles. The third-order valence-electron chi connectivity index (χ3n) is 5.60. The number of carbonyl (C=O) groups is 1. The highest BCUT2D eigenvalue weighted by molar-refractivity contribution is 7.22. The summed E-state index contributed by atoms with van der Waals surface area (Å²) in [6.45, 7) is 1.47. The van der Waals surface area contributed by atoms with E-state index in [9.17, 15) is 14.0 Å². The summed E-state index contributed by atoms with van der Waals surface area (Å²) in [5, 5.41) is 7.85. The van der Waals surface area contributed by atoms with Crippen molar-refractivity contribution in [2.24, 2.45) is 0 Å². The van der Waals surface area contributed by atoms with Crippen LogP contribution < -0.4 is 15.8 Å². The molecule has 1 N–H and O–H groups in total. The number of thiazole rings is 1. The molecule has 0 aliphatic carbocycles. The number of fused-ring (bicyclic) bond motifs is 1. The maximum atomic E-state index is 13.9. The second-order valence-electron chi connectivity index (χ2n) is 7.93. The van der Waals surface area contributed by atoms with Crippen LogP contribution in [0.3, 0.4) is 0 Å². The largest absolute Gasteiger partial charge is 0.348 e. The lowest BCUT2D eigenvalue weighted by Gasteiger charge is -2.25. The lowest BCUT2D eigenvalue weighted by molar-refractivity contribution is -0.117. The van der Waals surface area contributed by atoms with Gasteiger partial charge in [0.2, 0.25) is 5.91 Å². The molecule has 1 fully saturated rings. The van der Waals surface area contributed by atoms with Gasteiger partial charge in [0.15, 0.2) is 10.6 Å². The van der Waals surface area contributed by atoms with Crippen LogP contribution >= 0.6 is 11.3 Å². The van der Waals surface area contributed by atoms with Crippen molar-refractivity contribution in [2.75, 3.05) is 23.3 Å². The number of carbonyl (C=O) groups excluding carboxylic acids is 1. The van der Waals surface area contributed by atoms with Crippen molar-refractivity contribution in [2.45, 2.75) is 25.8 Å². The molecule has 2 aromatic heterocycles. The molecule has 0 atom stereocenters. The number of benzene rings is 2. The van der Waals surface area contributed by atoms with E-state index >= 15 is 0 Å². The van der Waals surface area contributed by atoms with Gasteiger partial charge in [0.05, 0.1) is 10.4 Å². The average molecular weight is 464 g/mol. The number of hydrogen-bond donors (Lipinski definition) is 1. The highest BCUT2D eigenvalue weighted by Gasteiger charge is 2.22. The molecule has 4 aromatic rings. The highest BCUT2D eigenvalue weighted by atomic mass is 32.1. The minimum Gasteiger partial charge on any atom is -0.348 e. The Morgan fingerprint density at radius 2 is 1.76 bits per heavy atom. The average Bonchev–Trinajstić information content (AvgIpc) is 3.29. The van der Waals surface area contributed by atoms with Crippen molar-refractivity contribution >= 4 is 38.3 Å². The summed E-state index contributed by atoms with van der Waals surface area (Å²) in [6, 6.07) is 15.4. The van der Waals surface area contributed by atoms with Crippen molar-refractivity contribution in [1.29, 1.82) is 0 Å². The maximum Gasteiger partial charge on any atom is 0.294 e. The Labute approximate surface area is 193 Å². The van der Waals surface area contributed by atoms with Crippen molar-refractivity contribution < 1.29 is 9.18 Å². The number of piperidine rings is 1. The molecule has 5 rings (SSSR count). The van der Waals surface area contributed by atoms with E-state index < -0.39 is 17.3 Å². The smallest absolute Gasteiger partial charge is 0.294 e. The Kier molecular flexibility index (Phi) is 5.87. The number of hydrogen-bond acceptors (Lipinski definition) is 6. The van der Waals surface area contributed by atoms with Crippen molar-refractivity contribution in [3.05, 3.63) is 70.8 Å². The van der Waals surface area contributed by atoms with Crippen LogP contribution in [0.2, 0.25) is 0 Å². The molecule has 1 aliphatic rings. The summed E-state index contributed by atoms with van der Waals surface area (Å²) in [5.41, 5.74) is 1.35. The zero-order valence-corrected chi connectivity index (χ0v) is 18.6. The molecule has 33 heavy (non-hydrogen) atoms. The van der Waals surface area contributed by atoms with Crippen molar-refractivity contribution in [3.8, 4) is 11.3 Å². The Hall–Kier alpha value is -3.59. The van der Waals surface area contributed by atoms with E-state index in [0.717, 1.165) is 41.3 Å². The summed E-state index contributed by atoms with van der Waals surface area (Å²) >= 11 is 1.46. The first kappa shape index (κ1) is 21.3. The van der Waals surface area contributed by atoms with Crippen LogP contribution in [0, 0.1) is 5.82 Å². The van der Waals surface area contributed by atoms with Gasteiger partial charge in [-0.2, -0.15) is 5.10 Å². The number of amides is 1. The molecule has 0 unspecified atom stereocenters. The fourth-order valence-electron chi connectivity index (χ4n) is 3.95. The molecule has 0 bridgehead atoms. The highest BCUT2D eigenvalue weighted by Crippen LogP contribution is 2.34. The summed E-state index contributed by atoms with van der Waals surface area (Å²) in [7, 11) is 0. The number of para-hydroxylation sites is 1. The third kappa shape index (κ3) is 4.36. The number of aromatic nitrogens is 3. The zero-order chi connectivity index (χ0) is 22.8. The zero-order valence-electron chi connectivity index (χ0n) is 17.8. The summed E-state index contributed by atoms with van der Waals surface area (Å²) in [4.78, 5) is 32.7. The van der Waals surface area contributed by atoms with Gasteiger partial charge >= 0.3 is 0 Å². The number of nitrogens with one attached hydrogen (secondary N) is 1. The van der Waals surface area contributed by atoms with E-state index in [0.29, 0.717) is 15.9 Å². The van der Waals surface area contributed by atoms with Gasteiger partial charge in [0.1, 0.15) is 18.1 Å². The fourth-order valence-corrected chi connectivity index (χ4v) is 5.07. The minimum absolute atomic E-state index is 0.0564. The first-order valence-electron chi connectivity index (χ1n) is 10.9. The van der Waals surface area contributed by atoms with E-state index in [1.807, 2.05) is 30.3 Å². The van der Waals surface area contributed by atoms with Gasteiger partial charge in [-0.25, -0.2) is 14.1 Å². The lowest BCUT2D eigenvalue weighted by Crippen LogP contribution is -2.31. The second-order valence-corrected chi connectivity index (χ2v) is 8.90. The Bertz CT molecular complexity index is 1360. The molecule has 0 spiro atoms. The molecular weight excluding hydrogens is 441 g/mol. The number of rotatable bonds is 5. The first-order chi connectivity index (χ1) is 16.1. The molecule has 1 saturated heterocycles. The van der Waals surface area contributed by atoms with Crippen LogP contribution in [0.1, 0.15) is 19.3 Å². The fraction of sp³-hybridized carbons (Fsp3) is 0.250. The molecule has 2 aromatic carbocycles. The predicted molar refractivity (Wildman–Crippen MR) is 128 cm³/mol. The maximum absolute atomic E-state index is 13.9. The van der Waals surface area contributed by atoms with Gasteiger partial charge in [0, 0.05) is 18.7 Å². The second kappa shape index (κ2) is 9.11. The molecule has 9 heteroatoms. The summed E-state index contributed by atoms with van der Waals surface area (Å²) in [6.07, 6.45) is 3.39. The molecule has 7 nitrogen and oxygen atoms in total. The molecule has 1 aliphatic heterocycles. The molecule has 3 heterocycles. The van der Waals surface area contributed by atoms with Crippen LogP contribution in [-0.4, -0.2) is 33.8 Å². The molecule has 0 radical (unpaired) electrons. The number of nitrogens with zero attached hydrogens (tertiary/aromatic N) is 4. The van der Waals surface area contributed by atoms with E-state index in [4.69, 9.17) is 0 Å². The third-order valence-corrected chi connectivity index (χ3v) is 6.73. The molecular formula is C24H22FN5O2S. The van der Waals surface area contributed by atoms with Crippen molar-refractivity contribution in [1.82, 2.24) is 14.8 Å². The topological polar surface area (TPSA) is 80.1 Å². The van der Waals surface area contributed by atoms with Gasteiger partial charge in [-0.15, -0.1) is 0 Å². The standard InChI is InChI=1S/C24H22FN5O2S/c25-17-11-5-6-12-18(17)26-19(31)15-30-23(32)21-22(20(28-30)16-9-3-1-4-10-16)33-24(27-21)29-13-7-2-8-14-29/h1,3-6,9-12H,2,7-8,13-15H2,(H,26,31). The first-order valence-corrected chi connectivity index (χ1v) is 11.7. The van der Waals surface area contributed by atoms with E-state index in [-0.39, 0.29) is 12.2 Å². The van der Waals surface area contributed by atoms with Crippen LogP contribution in [0.4, 0.5) is 15.2 Å². The van der Waals surface area contributed by atoms with Gasteiger partial charge in [-0.3, -0.25) is 9.59 Å². The Morgan fingerprint density at radius 3 is 2.52 bits per heavy atom. The Balaban J connectivity index is 1.55. The SMILES string of the molecule is O=C(Cn1nc(-c2ccccc2)c2sc(N3CCCCC3)nc2c1=O)Nc1ccccc1F. The quantitative estimate of drug-likeness (QED) is 0.478. The molecule has 1 amide bonds. The Morgan fingerprint density at radius 1 is 1.03 bits per heavy atom. The molecule has 168 valence electrons. The van der Waals surface area contributed by atoms with Gasteiger partial charge in [-0.1, -0.05) is 53.8 Å². The van der Waals surface area contributed by atoms with Gasteiger partial charge in [-0.05, 0) is 31.4 Å². The summed E-state index contributed by atoms with van der Waals surface area (Å²) in [5.74, 6) is -1.09. The normalized spacial score (nSPS) is 13.9. The lowest BCUT2D eigenvalue weighted by atomic mass is 10.1. The van der Waals surface area contributed by atoms with Crippen molar-refractivity contribution in [3.63, 3.8) is 0 Å². The summed E-state index contributed by atoms with van der Waals surface area (Å²) < 4.78 is 15.7. The van der Waals surface area contributed by atoms with E-state index in [2.05, 4.69) is 20.3 Å². The van der Waals surface area contributed by atoms with Crippen LogP contribution in [-0.2, 0) is 11.3 Å². The van der Waals surface area contributed by atoms with Crippen LogP contribution in [0.15, 0.2) is 59.4 Å². The van der Waals surface area contributed by atoms with E-state index in [1.54, 1.807) is 12.1 Å². The van der Waals surface area contributed by atoms with Crippen LogP contribution in [0.5, 0.6) is 0 Å². The van der Waals surface area contributed by atoms with Gasteiger partial charge < -0.3 is 10.2 Å². The monoisotopic (exact) mass is 463 g/mol. The number of anilines is 2.